The molecule has 29 heavy (non-hydrogen) atoms. The fourth-order valence-corrected chi connectivity index (χ4v) is 8.75. The molecule has 0 aliphatic rings. The molecule has 0 saturated carbocycles. The Hall–Kier alpha value is -0.533. The van der Waals surface area contributed by atoms with Gasteiger partial charge in [0.15, 0.2) is 0 Å². The molecule has 0 amide bonds. The third-order valence-corrected chi connectivity index (χ3v) is 11.1. The van der Waals surface area contributed by atoms with Gasteiger partial charge in [0.05, 0.1) is 0 Å². The van der Waals surface area contributed by atoms with Crippen LogP contribution in [0.2, 0.25) is 5.04 Å². The van der Waals surface area contributed by atoms with Crippen LogP contribution in [-0.4, -0.2) is 28.9 Å². The average Bonchev–Trinajstić information content (AvgIpc) is 2.67. The Morgan fingerprint density at radius 3 is 1.86 bits per heavy atom. The number of benzene rings is 2. The van der Waals surface area contributed by atoms with Gasteiger partial charge in [-0.05, 0) is 27.8 Å². The number of hydrogen-bond donors (Lipinski definition) is 0. The quantitative estimate of drug-likeness (QED) is 0.334. The summed E-state index contributed by atoms with van der Waals surface area (Å²) < 4.78 is 29.4. The molecule has 0 aliphatic carbocycles. The predicted molar refractivity (Wildman–Crippen MR) is 120 cm³/mol. The van der Waals surface area contributed by atoms with Gasteiger partial charge in [-0.25, -0.2) is 0 Å². The van der Waals surface area contributed by atoms with Gasteiger partial charge in [0.25, 0.3) is 8.32 Å². The Morgan fingerprint density at radius 2 is 1.52 bits per heavy atom. The van der Waals surface area contributed by atoms with Crippen molar-refractivity contribution in [3.63, 3.8) is 0 Å². The molecule has 0 N–H and O–H groups in total. The molecule has 0 fully saturated rings. The monoisotopic (exact) mass is 438 g/mol. The van der Waals surface area contributed by atoms with E-state index in [-0.39, 0.29) is 40.5 Å². The molecule has 0 saturated heterocycles. The normalized spacial score (nSPS) is 15.1. The van der Waals surface area contributed by atoms with Crippen molar-refractivity contribution in [1.82, 2.24) is 0 Å². The van der Waals surface area contributed by atoms with E-state index in [0.717, 1.165) is 0 Å². The van der Waals surface area contributed by atoms with E-state index < -0.39 is 24.6 Å². The zero-order chi connectivity index (χ0) is 20.8. The van der Waals surface area contributed by atoms with Crippen molar-refractivity contribution >= 4 is 29.8 Å². The molecule has 0 spiro atoms. The van der Waals surface area contributed by atoms with Crippen molar-refractivity contribution in [2.24, 2.45) is 5.92 Å². The van der Waals surface area contributed by atoms with Crippen LogP contribution in [0.4, 0.5) is 0 Å². The molecule has 1 unspecified atom stereocenters. The predicted octanol–water partition coefficient (Wildman–Crippen LogP) is 1.03. The molecule has 0 radical (unpaired) electrons. The van der Waals surface area contributed by atoms with Crippen molar-refractivity contribution in [2.45, 2.75) is 44.4 Å². The fourth-order valence-electron chi connectivity index (χ4n) is 3.73. The van der Waals surface area contributed by atoms with Crippen molar-refractivity contribution in [3.8, 4) is 0 Å². The van der Waals surface area contributed by atoms with Gasteiger partial charge in [-0.15, -0.1) is 6.58 Å². The molecule has 2 aromatic carbocycles. The van der Waals surface area contributed by atoms with Crippen LogP contribution in [0.25, 0.3) is 0 Å². The van der Waals surface area contributed by atoms with E-state index in [1.807, 2.05) is 18.2 Å². The van der Waals surface area contributed by atoms with Crippen LogP contribution in [0.3, 0.4) is 0 Å². The molecular weight excluding hydrogens is 407 g/mol. The van der Waals surface area contributed by atoms with Gasteiger partial charge in [0, 0.05) is 11.9 Å². The van der Waals surface area contributed by atoms with E-state index in [2.05, 4.69) is 75.9 Å². The van der Waals surface area contributed by atoms with Crippen LogP contribution in [0.5, 0.6) is 0 Å². The Labute approximate surface area is 201 Å². The van der Waals surface area contributed by atoms with Crippen molar-refractivity contribution in [2.75, 3.05) is 6.61 Å². The largest absolute Gasteiger partial charge is 1.00 e. The number of rotatable bonds is 9. The molecule has 0 heterocycles. The maximum absolute atomic E-state index is 11.3. The standard InChI is InChI=1S/C23H32O3SSi.Na/c1-6-20(17-19(2)27(24)25)18-26-28(23(3,4)5,21-13-9-7-10-14-21)22-15-11-8-12-16-22;/h6-16,19-20H,1,17-18H2,2-5H3,(H,24,25);/q;+1/p-1/t19-,20+;/m1./s1. The molecule has 0 aromatic heterocycles. The van der Waals surface area contributed by atoms with Gasteiger partial charge >= 0.3 is 29.6 Å². The Balaban J connectivity index is 0.00000420. The van der Waals surface area contributed by atoms with E-state index >= 15 is 0 Å². The van der Waals surface area contributed by atoms with E-state index in [4.69, 9.17) is 4.43 Å². The summed E-state index contributed by atoms with van der Waals surface area (Å²) in [5, 5.41) is 1.91. The summed E-state index contributed by atoms with van der Waals surface area (Å²) in [4.78, 5) is 0. The third kappa shape index (κ3) is 6.47. The SMILES string of the molecule is C=C[C@H](CO[Si](c1ccccc1)(c1ccccc1)C(C)(C)C)C[C@@H](C)S(=O)[O-].[Na+]. The van der Waals surface area contributed by atoms with Gasteiger partial charge in [0.1, 0.15) is 0 Å². The fraction of sp³-hybridized carbons (Fsp3) is 0.391. The molecule has 152 valence electrons. The molecule has 2 aromatic rings. The Kier molecular flexibility index (Phi) is 10.7. The first-order valence-corrected chi connectivity index (χ1v) is 12.7. The van der Waals surface area contributed by atoms with Gasteiger partial charge in [-0.2, -0.15) is 0 Å². The Morgan fingerprint density at radius 1 is 1.07 bits per heavy atom. The van der Waals surface area contributed by atoms with E-state index in [0.29, 0.717) is 13.0 Å². The molecular formula is C23H31NaO3SSi. The minimum atomic E-state index is -2.61. The smallest absolute Gasteiger partial charge is 0.772 e. The van der Waals surface area contributed by atoms with Crippen molar-refractivity contribution < 1.29 is 42.7 Å². The first kappa shape index (κ1) is 26.5. The van der Waals surface area contributed by atoms with Crippen molar-refractivity contribution in [3.05, 3.63) is 73.3 Å². The van der Waals surface area contributed by atoms with Crippen LogP contribution in [0.1, 0.15) is 34.1 Å². The number of hydrogen-bond acceptors (Lipinski definition) is 3. The van der Waals surface area contributed by atoms with Crippen LogP contribution in [-0.2, 0) is 15.5 Å². The van der Waals surface area contributed by atoms with Crippen LogP contribution in [0.15, 0.2) is 73.3 Å². The summed E-state index contributed by atoms with van der Waals surface area (Å²) in [5.41, 5.74) is 0. The first-order valence-electron chi connectivity index (χ1n) is 9.68. The second kappa shape index (κ2) is 11.7. The molecule has 0 aliphatic heterocycles. The van der Waals surface area contributed by atoms with Gasteiger partial charge < -0.3 is 8.98 Å². The zero-order valence-corrected chi connectivity index (χ0v) is 22.1. The summed E-state index contributed by atoms with van der Waals surface area (Å²) >= 11 is -2.09. The summed E-state index contributed by atoms with van der Waals surface area (Å²) in [6.45, 7) is 12.8. The first-order chi connectivity index (χ1) is 13.2. The van der Waals surface area contributed by atoms with E-state index in [9.17, 15) is 8.76 Å². The zero-order valence-electron chi connectivity index (χ0n) is 18.3. The molecule has 0 bridgehead atoms. The second-order valence-corrected chi connectivity index (χ2v) is 13.9. The Bertz CT molecular complexity index is 738. The summed E-state index contributed by atoms with van der Waals surface area (Å²) in [6.07, 6.45) is 2.33. The minimum absolute atomic E-state index is 0. The second-order valence-electron chi connectivity index (χ2n) is 8.28. The molecule has 3 atom stereocenters. The average molecular weight is 439 g/mol. The summed E-state index contributed by atoms with van der Waals surface area (Å²) in [7, 11) is -2.61. The van der Waals surface area contributed by atoms with E-state index in [1.165, 1.54) is 10.4 Å². The topological polar surface area (TPSA) is 49.4 Å². The molecule has 6 heteroatoms. The van der Waals surface area contributed by atoms with Crippen LogP contribution in [0, 0.1) is 5.92 Å². The van der Waals surface area contributed by atoms with E-state index in [1.54, 1.807) is 6.92 Å². The summed E-state index contributed by atoms with van der Waals surface area (Å²) in [5.74, 6) is -0.0189. The van der Waals surface area contributed by atoms with Gasteiger partial charge in [-0.3, -0.25) is 4.21 Å². The van der Waals surface area contributed by atoms with Crippen molar-refractivity contribution in [1.29, 1.82) is 0 Å². The summed E-state index contributed by atoms with van der Waals surface area (Å²) in [6, 6.07) is 20.9. The maximum atomic E-state index is 11.3. The maximum Gasteiger partial charge on any atom is 1.00 e. The molecule has 2 rings (SSSR count). The molecule has 3 nitrogen and oxygen atoms in total. The van der Waals surface area contributed by atoms with Crippen LogP contribution >= 0.6 is 0 Å². The van der Waals surface area contributed by atoms with Crippen LogP contribution < -0.4 is 39.9 Å². The third-order valence-electron chi connectivity index (χ3n) is 5.23. The van der Waals surface area contributed by atoms with Gasteiger partial charge in [0.2, 0.25) is 0 Å². The van der Waals surface area contributed by atoms with Gasteiger partial charge in [-0.1, -0.05) is 106 Å². The minimum Gasteiger partial charge on any atom is -0.772 e.